The van der Waals surface area contributed by atoms with E-state index >= 15 is 0 Å². The summed E-state index contributed by atoms with van der Waals surface area (Å²) < 4.78 is 5.41. The van der Waals surface area contributed by atoms with Crippen molar-refractivity contribution in [3.63, 3.8) is 0 Å². The Morgan fingerprint density at radius 3 is 3.04 bits per heavy atom. The topological polar surface area (TPSA) is 91.1 Å². The van der Waals surface area contributed by atoms with Crippen molar-refractivity contribution < 1.29 is 9.53 Å². The molecule has 0 aromatic carbocycles. The number of rotatable bonds is 5. The third kappa shape index (κ3) is 2.76. The fraction of sp³-hybridized carbons (Fsp3) is 0.562. The highest BCUT2D eigenvalue weighted by Gasteiger charge is 2.43. The van der Waals surface area contributed by atoms with Crippen molar-refractivity contribution in [2.45, 2.75) is 38.1 Å². The van der Waals surface area contributed by atoms with E-state index in [9.17, 15) is 9.59 Å². The molecule has 2 N–H and O–H groups in total. The Balaban J connectivity index is 1.94. The zero-order valence-corrected chi connectivity index (χ0v) is 13.5. The third-order valence-electron chi connectivity index (χ3n) is 4.58. The molecule has 0 radical (unpaired) electrons. The summed E-state index contributed by atoms with van der Waals surface area (Å²) >= 11 is 0. The quantitative estimate of drug-likeness (QED) is 0.877. The Bertz CT molecular complexity index is 758. The van der Waals surface area contributed by atoms with Gasteiger partial charge in [-0.1, -0.05) is 13.3 Å². The lowest BCUT2D eigenvalue weighted by Gasteiger charge is -2.38. The number of ether oxygens (including phenoxy) is 1. The lowest BCUT2D eigenvalue weighted by molar-refractivity contribution is 0.0254. The molecule has 1 aliphatic rings. The normalized spacial score (nSPS) is 21.2. The van der Waals surface area contributed by atoms with Gasteiger partial charge in [-0.05, 0) is 25.3 Å². The molecule has 0 saturated carbocycles. The van der Waals surface area contributed by atoms with Crippen molar-refractivity contribution in [1.82, 2.24) is 19.9 Å². The van der Waals surface area contributed by atoms with Crippen LogP contribution in [-0.4, -0.2) is 51.6 Å². The van der Waals surface area contributed by atoms with Gasteiger partial charge in [0.25, 0.3) is 5.91 Å². The van der Waals surface area contributed by atoms with E-state index < -0.39 is 0 Å². The first-order valence-corrected chi connectivity index (χ1v) is 7.98. The molecule has 1 atom stereocenters. The summed E-state index contributed by atoms with van der Waals surface area (Å²) in [6, 6.07) is 1.68. The zero-order chi connectivity index (χ0) is 16.4. The van der Waals surface area contributed by atoms with Crippen molar-refractivity contribution in [1.29, 1.82) is 0 Å². The average molecular weight is 318 g/mol. The number of nitrogens with one attached hydrogen (secondary N) is 2. The van der Waals surface area contributed by atoms with Crippen LogP contribution >= 0.6 is 0 Å². The molecule has 0 aliphatic carbocycles. The predicted octanol–water partition coefficient (Wildman–Crippen LogP) is 1.67. The van der Waals surface area contributed by atoms with Crippen molar-refractivity contribution in [3.8, 4) is 0 Å². The molecule has 124 valence electrons. The number of carbonyl (C=O) groups is 1. The minimum Gasteiger partial charge on any atom is -0.382 e. The molecule has 2 aromatic heterocycles. The number of methoxy groups -OCH3 is 1. The van der Waals surface area contributed by atoms with E-state index in [2.05, 4.69) is 21.9 Å². The number of amides is 1. The molecular weight excluding hydrogens is 296 g/mol. The molecule has 2 aromatic rings. The Labute approximate surface area is 134 Å². The summed E-state index contributed by atoms with van der Waals surface area (Å²) in [5.74, 6) is -0.0514. The first-order chi connectivity index (χ1) is 11.1. The summed E-state index contributed by atoms with van der Waals surface area (Å²) in [4.78, 5) is 35.7. The molecule has 1 fully saturated rings. The third-order valence-corrected chi connectivity index (χ3v) is 4.58. The van der Waals surface area contributed by atoms with Crippen molar-refractivity contribution in [2.75, 3.05) is 20.3 Å². The van der Waals surface area contributed by atoms with Crippen LogP contribution in [0.3, 0.4) is 0 Å². The van der Waals surface area contributed by atoms with Crippen molar-refractivity contribution >= 4 is 17.1 Å². The van der Waals surface area contributed by atoms with E-state index in [1.165, 1.54) is 6.20 Å². The summed E-state index contributed by atoms with van der Waals surface area (Å²) in [5, 5.41) is 0. The minimum absolute atomic E-state index is 0.0514. The maximum Gasteiger partial charge on any atom is 0.325 e. The zero-order valence-electron chi connectivity index (χ0n) is 13.5. The highest BCUT2D eigenvalue weighted by molar-refractivity contribution is 5.97. The van der Waals surface area contributed by atoms with Crippen LogP contribution < -0.4 is 5.69 Å². The molecule has 3 rings (SSSR count). The second-order valence-electron chi connectivity index (χ2n) is 6.17. The van der Waals surface area contributed by atoms with Gasteiger partial charge in [0.2, 0.25) is 0 Å². The second kappa shape index (κ2) is 6.16. The van der Waals surface area contributed by atoms with Crippen LogP contribution in [0.2, 0.25) is 0 Å². The first-order valence-electron chi connectivity index (χ1n) is 7.98. The number of H-pyrrole nitrogens is 2. The first kappa shape index (κ1) is 15.7. The molecule has 0 spiro atoms. The van der Waals surface area contributed by atoms with E-state index in [1.54, 1.807) is 13.2 Å². The Kier molecular flexibility index (Phi) is 4.21. The molecular formula is C16H22N4O3. The molecule has 7 nitrogen and oxygen atoms in total. The number of fused-ring (bicyclic) bond motifs is 1. The number of aromatic nitrogens is 3. The van der Waals surface area contributed by atoms with E-state index in [1.807, 2.05) is 4.90 Å². The maximum absolute atomic E-state index is 13.0. The number of aromatic amines is 2. The smallest absolute Gasteiger partial charge is 0.325 e. The predicted molar refractivity (Wildman–Crippen MR) is 86.5 cm³/mol. The molecule has 1 amide bonds. The van der Waals surface area contributed by atoms with Gasteiger partial charge >= 0.3 is 5.69 Å². The van der Waals surface area contributed by atoms with Crippen LogP contribution in [0.5, 0.6) is 0 Å². The number of pyridine rings is 1. The van der Waals surface area contributed by atoms with E-state index in [-0.39, 0.29) is 17.1 Å². The lowest BCUT2D eigenvalue weighted by atomic mass is 9.91. The number of likely N-dealkylation sites (tertiary alicyclic amines) is 1. The van der Waals surface area contributed by atoms with Crippen LogP contribution in [0.1, 0.15) is 43.0 Å². The molecule has 1 saturated heterocycles. The van der Waals surface area contributed by atoms with Gasteiger partial charge in [-0.3, -0.25) is 9.78 Å². The lowest BCUT2D eigenvalue weighted by Crippen LogP contribution is -2.50. The largest absolute Gasteiger partial charge is 0.382 e. The van der Waals surface area contributed by atoms with Gasteiger partial charge < -0.3 is 14.6 Å². The van der Waals surface area contributed by atoms with Crippen LogP contribution in [0.15, 0.2) is 17.1 Å². The average Bonchev–Trinajstić information content (AvgIpc) is 3.09. The highest BCUT2D eigenvalue weighted by Crippen LogP contribution is 2.35. The van der Waals surface area contributed by atoms with E-state index in [0.717, 1.165) is 32.2 Å². The van der Waals surface area contributed by atoms with E-state index in [0.29, 0.717) is 23.3 Å². The van der Waals surface area contributed by atoms with Gasteiger partial charge in [-0.15, -0.1) is 0 Å². The highest BCUT2D eigenvalue weighted by atomic mass is 16.5. The molecule has 7 heteroatoms. The maximum atomic E-state index is 13.0. The minimum atomic E-state index is -0.321. The Morgan fingerprint density at radius 2 is 2.30 bits per heavy atom. The Morgan fingerprint density at radius 1 is 1.48 bits per heavy atom. The molecule has 1 aliphatic heterocycles. The number of nitrogens with zero attached hydrogens (tertiary/aromatic N) is 2. The van der Waals surface area contributed by atoms with Gasteiger partial charge in [0.15, 0.2) is 5.65 Å². The summed E-state index contributed by atoms with van der Waals surface area (Å²) in [5.41, 5.74) is 0.947. The summed E-state index contributed by atoms with van der Waals surface area (Å²) in [7, 11) is 1.68. The molecule has 1 unspecified atom stereocenters. The van der Waals surface area contributed by atoms with Crippen LogP contribution in [-0.2, 0) is 4.74 Å². The molecule has 0 bridgehead atoms. The Hall–Kier alpha value is -2.15. The fourth-order valence-corrected chi connectivity index (χ4v) is 3.67. The van der Waals surface area contributed by atoms with Gasteiger partial charge in [0, 0.05) is 19.9 Å². The van der Waals surface area contributed by atoms with Gasteiger partial charge in [-0.2, -0.15) is 0 Å². The molecule has 3 heterocycles. The standard InChI is InChI=1S/C16H22N4O3/c1-3-5-16(10-23-2)6-4-7-20(16)14(21)11-8-12-13(17-9-11)19-15(22)18-12/h8-9H,3-7,10H2,1-2H3,(H2,17,18,19,22). The SMILES string of the molecule is CCCC1(COC)CCCN1C(=O)c1cnc2[nH]c(=O)[nH]c2c1. The second-order valence-corrected chi connectivity index (χ2v) is 6.17. The number of imidazole rings is 1. The van der Waals surface area contributed by atoms with Gasteiger partial charge in [0.1, 0.15) is 0 Å². The number of hydrogen-bond acceptors (Lipinski definition) is 4. The van der Waals surface area contributed by atoms with Crippen molar-refractivity contribution in [2.24, 2.45) is 0 Å². The van der Waals surface area contributed by atoms with Crippen LogP contribution in [0, 0.1) is 0 Å². The van der Waals surface area contributed by atoms with E-state index in [4.69, 9.17) is 4.74 Å². The monoisotopic (exact) mass is 318 g/mol. The van der Waals surface area contributed by atoms with Crippen molar-refractivity contribution in [3.05, 3.63) is 28.3 Å². The summed E-state index contributed by atoms with van der Waals surface area (Å²) in [6.07, 6.45) is 5.37. The number of carbonyl (C=O) groups excluding carboxylic acids is 1. The fourth-order valence-electron chi connectivity index (χ4n) is 3.67. The van der Waals surface area contributed by atoms with Crippen LogP contribution in [0.25, 0.3) is 11.2 Å². The summed E-state index contributed by atoms with van der Waals surface area (Å²) in [6.45, 7) is 3.39. The van der Waals surface area contributed by atoms with Crippen LogP contribution in [0.4, 0.5) is 0 Å². The van der Waals surface area contributed by atoms with Gasteiger partial charge in [-0.25, -0.2) is 9.78 Å². The van der Waals surface area contributed by atoms with Gasteiger partial charge in [0.05, 0.1) is 23.2 Å². The molecule has 23 heavy (non-hydrogen) atoms. The number of hydrogen-bond donors (Lipinski definition) is 2.